The number of hydrogen-bond donors (Lipinski definition) is 1. The Hall–Kier alpha value is -1.66. The fraction of sp³-hybridized carbons (Fsp3) is 0.118. The lowest BCUT2D eigenvalue weighted by atomic mass is 10.1. The lowest BCUT2D eigenvalue weighted by Crippen LogP contribution is -2.11. The van der Waals surface area contributed by atoms with Crippen LogP contribution in [0.4, 0.5) is 32.2 Å². The van der Waals surface area contributed by atoms with Gasteiger partial charge in [-0.1, -0.05) is 23.2 Å². The van der Waals surface area contributed by atoms with Gasteiger partial charge in [0.05, 0.1) is 16.8 Å². The van der Waals surface area contributed by atoms with E-state index in [4.69, 9.17) is 28.9 Å². The number of rotatable bonds is 2. The van der Waals surface area contributed by atoms with Crippen LogP contribution in [0.2, 0.25) is 10.0 Å². The topological polar surface area (TPSA) is 43.8 Å². The molecule has 0 amide bonds. The predicted molar refractivity (Wildman–Crippen MR) is 106 cm³/mol. The number of aromatic nitrogens is 2. The molecule has 2 N–H and O–H groups in total. The molecular weight excluding hydrogens is 558 g/mol. The molecule has 0 aliphatic carbocycles. The number of alkyl halides is 6. The van der Waals surface area contributed by atoms with Gasteiger partial charge in [0.1, 0.15) is 5.82 Å². The summed E-state index contributed by atoms with van der Waals surface area (Å²) in [6, 6.07) is 6.71. The molecule has 3 aromatic rings. The molecule has 1 aromatic heterocycles. The Labute approximate surface area is 183 Å². The van der Waals surface area contributed by atoms with E-state index in [0.717, 1.165) is 6.07 Å². The van der Waals surface area contributed by atoms with Crippen LogP contribution in [0.25, 0.3) is 16.8 Å². The summed E-state index contributed by atoms with van der Waals surface area (Å²) in [5.41, 5.74) is 2.62. The van der Waals surface area contributed by atoms with Crippen LogP contribution in [0.1, 0.15) is 11.3 Å². The molecule has 0 unspecified atom stereocenters. The minimum Gasteiger partial charge on any atom is -0.383 e. The Balaban J connectivity index is 2.30. The van der Waals surface area contributed by atoms with E-state index in [-0.39, 0.29) is 24.9 Å². The fourth-order valence-electron chi connectivity index (χ4n) is 2.67. The number of hydrogen-bond acceptors (Lipinski definition) is 2. The number of benzene rings is 2. The van der Waals surface area contributed by atoms with Crippen LogP contribution in [0.15, 0.2) is 36.4 Å². The number of halogens is 9. The molecule has 0 saturated carbocycles. The summed E-state index contributed by atoms with van der Waals surface area (Å²) in [6.07, 6.45) is -9.63. The van der Waals surface area contributed by atoms with E-state index in [1.165, 1.54) is 46.9 Å². The SMILES string of the molecule is Nc1c(-c2cc(Cl)cc(Cl)c2)c(C(F)(F)F)nn1-c1ccc(I)c(C(F)(F)F)c1. The van der Waals surface area contributed by atoms with Crippen molar-refractivity contribution in [3.05, 3.63) is 61.3 Å². The lowest BCUT2D eigenvalue weighted by Gasteiger charge is -2.12. The Kier molecular flexibility index (Phi) is 5.73. The third-order valence-electron chi connectivity index (χ3n) is 3.84. The van der Waals surface area contributed by atoms with E-state index in [9.17, 15) is 26.3 Å². The molecule has 154 valence electrons. The minimum absolute atomic E-state index is 0.0568. The van der Waals surface area contributed by atoms with Crippen molar-refractivity contribution in [1.82, 2.24) is 9.78 Å². The predicted octanol–water partition coefficient (Wildman–Crippen LogP) is 7.07. The lowest BCUT2D eigenvalue weighted by molar-refractivity contribution is -0.141. The number of nitrogens with zero attached hydrogens (tertiary/aromatic N) is 2. The second kappa shape index (κ2) is 7.55. The molecule has 0 aliphatic rings. The van der Waals surface area contributed by atoms with Crippen molar-refractivity contribution in [2.24, 2.45) is 0 Å². The first-order chi connectivity index (χ1) is 13.3. The monoisotopic (exact) mass is 565 g/mol. The fourth-order valence-corrected chi connectivity index (χ4v) is 3.84. The Morgan fingerprint density at radius 1 is 0.897 bits per heavy atom. The summed E-state index contributed by atoms with van der Waals surface area (Å²) in [6.45, 7) is 0. The van der Waals surface area contributed by atoms with Gasteiger partial charge in [-0.15, -0.1) is 0 Å². The van der Waals surface area contributed by atoms with Crippen molar-refractivity contribution in [2.45, 2.75) is 12.4 Å². The highest BCUT2D eigenvalue weighted by Crippen LogP contribution is 2.42. The van der Waals surface area contributed by atoms with E-state index in [1.54, 1.807) is 0 Å². The van der Waals surface area contributed by atoms with Gasteiger partial charge >= 0.3 is 12.4 Å². The average Bonchev–Trinajstić information content (AvgIpc) is 2.91. The first-order valence-electron chi connectivity index (χ1n) is 7.58. The van der Waals surface area contributed by atoms with Gasteiger partial charge in [0.15, 0.2) is 5.69 Å². The van der Waals surface area contributed by atoms with Crippen molar-refractivity contribution in [3.63, 3.8) is 0 Å². The molecule has 3 nitrogen and oxygen atoms in total. The van der Waals surface area contributed by atoms with Crippen LogP contribution < -0.4 is 5.73 Å². The largest absolute Gasteiger partial charge is 0.435 e. The molecule has 0 radical (unpaired) electrons. The molecule has 12 heteroatoms. The van der Waals surface area contributed by atoms with E-state index in [1.807, 2.05) is 0 Å². The standard InChI is InChI=1S/C17H8Cl2F6IN3/c18-8-3-7(4-9(19)5-8)13-14(17(23,24)25)28-29(15(13)27)10-1-2-12(26)11(6-10)16(20,21)22/h1-6H,27H2. The van der Waals surface area contributed by atoms with Gasteiger partial charge in [0.25, 0.3) is 0 Å². The highest BCUT2D eigenvalue weighted by atomic mass is 127. The summed E-state index contributed by atoms with van der Waals surface area (Å²) >= 11 is 13.2. The van der Waals surface area contributed by atoms with E-state index < -0.39 is 35.0 Å². The molecule has 29 heavy (non-hydrogen) atoms. The van der Waals surface area contributed by atoms with E-state index >= 15 is 0 Å². The van der Waals surface area contributed by atoms with Crippen LogP contribution in [0, 0.1) is 3.57 Å². The van der Waals surface area contributed by atoms with Crippen LogP contribution >= 0.6 is 45.8 Å². The molecule has 0 bridgehead atoms. The zero-order chi connectivity index (χ0) is 21.7. The smallest absolute Gasteiger partial charge is 0.383 e. The third-order valence-corrected chi connectivity index (χ3v) is 5.22. The molecule has 0 fully saturated rings. The van der Waals surface area contributed by atoms with Gasteiger partial charge < -0.3 is 5.73 Å². The van der Waals surface area contributed by atoms with Gasteiger partial charge in [-0.25, -0.2) is 4.68 Å². The molecule has 0 atom stereocenters. The number of nitrogen functional groups attached to an aromatic ring is 1. The first kappa shape index (κ1) is 22.0. The van der Waals surface area contributed by atoms with Crippen LogP contribution in [0.5, 0.6) is 0 Å². The second-order valence-electron chi connectivity index (χ2n) is 5.84. The maximum Gasteiger partial charge on any atom is 0.435 e. The summed E-state index contributed by atoms with van der Waals surface area (Å²) in [4.78, 5) is 0. The van der Waals surface area contributed by atoms with E-state index in [2.05, 4.69) is 5.10 Å². The molecule has 0 saturated heterocycles. The van der Waals surface area contributed by atoms with Crippen molar-refractivity contribution >= 4 is 51.6 Å². The second-order valence-corrected chi connectivity index (χ2v) is 7.87. The van der Waals surface area contributed by atoms with Crippen molar-refractivity contribution in [3.8, 4) is 16.8 Å². The molecular formula is C17H8Cl2F6IN3. The normalized spacial score (nSPS) is 12.4. The zero-order valence-electron chi connectivity index (χ0n) is 13.8. The summed E-state index contributed by atoms with van der Waals surface area (Å²) in [7, 11) is 0. The highest BCUT2D eigenvalue weighted by Gasteiger charge is 2.40. The highest BCUT2D eigenvalue weighted by molar-refractivity contribution is 14.1. The number of nitrogens with two attached hydrogens (primary N) is 1. The van der Waals surface area contributed by atoms with Crippen LogP contribution in [0.3, 0.4) is 0 Å². The summed E-state index contributed by atoms with van der Waals surface area (Å²) in [5, 5.41) is 3.56. The minimum atomic E-state index is -4.93. The van der Waals surface area contributed by atoms with Gasteiger partial charge in [0, 0.05) is 13.6 Å². The third kappa shape index (κ3) is 4.43. The van der Waals surface area contributed by atoms with Gasteiger partial charge in [-0.3, -0.25) is 0 Å². The Morgan fingerprint density at radius 2 is 1.48 bits per heavy atom. The van der Waals surface area contributed by atoms with Crippen molar-refractivity contribution in [1.29, 1.82) is 0 Å². The maximum atomic E-state index is 13.6. The maximum absolute atomic E-state index is 13.6. The molecule has 2 aromatic carbocycles. The Morgan fingerprint density at radius 3 is 2.00 bits per heavy atom. The van der Waals surface area contributed by atoms with Crippen LogP contribution in [-0.2, 0) is 12.4 Å². The molecule has 0 aliphatic heterocycles. The molecule has 1 heterocycles. The molecule has 0 spiro atoms. The van der Waals surface area contributed by atoms with Crippen LogP contribution in [-0.4, -0.2) is 9.78 Å². The van der Waals surface area contributed by atoms with Crippen molar-refractivity contribution in [2.75, 3.05) is 5.73 Å². The van der Waals surface area contributed by atoms with E-state index in [0.29, 0.717) is 10.7 Å². The first-order valence-corrected chi connectivity index (χ1v) is 9.42. The Bertz CT molecular complexity index is 1070. The average molecular weight is 566 g/mol. The summed E-state index contributed by atoms with van der Waals surface area (Å²) < 4.78 is 80.9. The summed E-state index contributed by atoms with van der Waals surface area (Å²) in [5.74, 6) is -0.509. The number of anilines is 1. The van der Waals surface area contributed by atoms with Gasteiger partial charge in [-0.2, -0.15) is 31.4 Å². The quantitative estimate of drug-likeness (QED) is 0.267. The zero-order valence-corrected chi connectivity index (χ0v) is 17.5. The van der Waals surface area contributed by atoms with Gasteiger partial charge in [0.2, 0.25) is 0 Å². The van der Waals surface area contributed by atoms with Gasteiger partial charge in [-0.05, 0) is 64.6 Å². The van der Waals surface area contributed by atoms with Crippen molar-refractivity contribution < 1.29 is 26.3 Å². The molecule has 3 rings (SSSR count).